The number of fused-ring (bicyclic) bond motifs is 1. The number of hydrogen-bond donors (Lipinski definition) is 0. The molecule has 0 radical (unpaired) electrons. The molecule has 0 fully saturated rings. The van der Waals surface area contributed by atoms with Gasteiger partial charge in [-0.25, -0.2) is 4.39 Å². The van der Waals surface area contributed by atoms with Gasteiger partial charge in [-0.05, 0) is 32.0 Å². The van der Waals surface area contributed by atoms with Gasteiger partial charge in [0.1, 0.15) is 18.2 Å². The Kier molecular flexibility index (Phi) is 3.65. The predicted molar refractivity (Wildman–Crippen MR) is 83.1 cm³/mol. The summed E-state index contributed by atoms with van der Waals surface area (Å²) >= 11 is 0. The Morgan fingerprint density at radius 2 is 1.90 bits per heavy atom. The van der Waals surface area contributed by atoms with Crippen molar-refractivity contribution in [3.05, 3.63) is 66.1 Å². The summed E-state index contributed by atoms with van der Waals surface area (Å²) in [6.45, 7) is 4.75. The Morgan fingerprint density at radius 3 is 2.67 bits per heavy atom. The lowest BCUT2D eigenvalue weighted by Crippen LogP contribution is -1.98. The van der Waals surface area contributed by atoms with Gasteiger partial charge in [0.25, 0.3) is 0 Å². The summed E-state index contributed by atoms with van der Waals surface area (Å²) in [5.41, 5.74) is 2.31. The molecule has 0 atom stereocenters. The lowest BCUT2D eigenvalue weighted by Gasteiger charge is -2.08. The molecule has 0 aliphatic rings. The molecule has 3 aromatic rings. The van der Waals surface area contributed by atoms with Crippen molar-refractivity contribution in [2.45, 2.75) is 26.5 Å². The van der Waals surface area contributed by atoms with E-state index in [1.165, 1.54) is 23.0 Å². The number of nitrogens with zero attached hydrogens (tertiary/aromatic N) is 1. The molecule has 0 saturated carbocycles. The van der Waals surface area contributed by atoms with E-state index in [1.807, 2.05) is 12.1 Å². The lowest BCUT2D eigenvalue weighted by atomic mass is 10.2. The molecular formula is C18H18FNO. The topological polar surface area (TPSA) is 14.2 Å². The van der Waals surface area contributed by atoms with Crippen molar-refractivity contribution in [3.8, 4) is 5.75 Å². The molecule has 0 spiro atoms. The SMILES string of the molecule is CC(C)n1cc(COc2cccc(F)c2)c2ccccc21. The standard InChI is InChI=1S/C18H18FNO/c1-13(2)20-11-14(17-8-3-4-9-18(17)20)12-21-16-7-5-6-15(19)10-16/h3-11,13H,12H2,1-2H3. The fourth-order valence-electron chi connectivity index (χ4n) is 2.54. The number of rotatable bonds is 4. The Morgan fingerprint density at radius 1 is 1.10 bits per heavy atom. The second-order valence-corrected chi connectivity index (χ2v) is 5.42. The van der Waals surface area contributed by atoms with E-state index in [1.54, 1.807) is 12.1 Å². The maximum Gasteiger partial charge on any atom is 0.126 e. The minimum absolute atomic E-state index is 0.280. The summed E-state index contributed by atoms with van der Waals surface area (Å²) < 4.78 is 21.1. The van der Waals surface area contributed by atoms with Crippen LogP contribution in [0.1, 0.15) is 25.5 Å². The minimum atomic E-state index is -0.280. The van der Waals surface area contributed by atoms with Gasteiger partial charge in [0.05, 0.1) is 0 Å². The average Bonchev–Trinajstić information content (AvgIpc) is 2.84. The first-order valence-electron chi connectivity index (χ1n) is 7.12. The third kappa shape index (κ3) is 2.77. The van der Waals surface area contributed by atoms with E-state index in [4.69, 9.17) is 4.74 Å². The van der Waals surface area contributed by atoms with Crippen LogP contribution >= 0.6 is 0 Å². The fraction of sp³-hybridized carbons (Fsp3) is 0.222. The van der Waals surface area contributed by atoms with Gasteiger partial charge >= 0.3 is 0 Å². The highest BCUT2D eigenvalue weighted by molar-refractivity contribution is 5.84. The largest absolute Gasteiger partial charge is 0.489 e. The molecule has 0 unspecified atom stereocenters. The van der Waals surface area contributed by atoms with Crippen molar-refractivity contribution in [2.75, 3.05) is 0 Å². The zero-order chi connectivity index (χ0) is 14.8. The fourth-order valence-corrected chi connectivity index (χ4v) is 2.54. The third-order valence-electron chi connectivity index (χ3n) is 3.57. The minimum Gasteiger partial charge on any atom is -0.489 e. The number of aromatic nitrogens is 1. The zero-order valence-corrected chi connectivity index (χ0v) is 12.2. The first-order valence-corrected chi connectivity index (χ1v) is 7.12. The highest BCUT2D eigenvalue weighted by Gasteiger charge is 2.10. The maximum absolute atomic E-state index is 13.2. The van der Waals surface area contributed by atoms with Crippen LogP contribution in [0.25, 0.3) is 10.9 Å². The quantitative estimate of drug-likeness (QED) is 0.661. The van der Waals surface area contributed by atoms with Crippen LogP contribution in [0.2, 0.25) is 0 Å². The van der Waals surface area contributed by atoms with Gasteiger partial charge in [-0.15, -0.1) is 0 Å². The number of benzene rings is 2. The molecule has 0 aliphatic heterocycles. The average molecular weight is 283 g/mol. The van der Waals surface area contributed by atoms with Crippen LogP contribution in [0.3, 0.4) is 0 Å². The summed E-state index contributed by atoms with van der Waals surface area (Å²) in [6.07, 6.45) is 2.12. The van der Waals surface area contributed by atoms with Crippen LogP contribution in [-0.2, 0) is 6.61 Å². The van der Waals surface area contributed by atoms with Crippen LogP contribution in [0.4, 0.5) is 4.39 Å². The van der Waals surface area contributed by atoms with Gasteiger partial charge in [0, 0.05) is 34.8 Å². The second-order valence-electron chi connectivity index (χ2n) is 5.42. The van der Waals surface area contributed by atoms with E-state index in [-0.39, 0.29) is 5.82 Å². The van der Waals surface area contributed by atoms with Crippen molar-refractivity contribution in [1.82, 2.24) is 4.57 Å². The van der Waals surface area contributed by atoms with Crippen LogP contribution in [-0.4, -0.2) is 4.57 Å². The molecule has 0 amide bonds. The predicted octanol–water partition coefficient (Wildman–Crippen LogP) is 4.94. The van der Waals surface area contributed by atoms with Gasteiger partial charge in [-0.2, -0.15) is 0 Å². The van der Waals surface area contributed by atoms with Crippen molar-refractivity contribution in [2.24, 2.45) is 0 Å². The monoisotopic (exact) mass is 283 g/mol. The highest BCUT2D eigenvalue weighted by atomic mass is 19.1. The van der Waals surface area contributed by atoms with E-state index in [9.17, 15) is 4.39 Å². The molecule has 0 bridgehead atoms. The molecule has 0 saturated heterocycles. The molecule has 108 valence electrons. The Balaban J connectivity index is 1.90. The molecule has 0 aliphatic carbocycles. The summed E-state index contributed by atoms with van der Waals surface area (Å²) in [5.74, 6) is 0.272. The molecule has 3 rings (SSSR count). The highest BCUT2D eigenvalue weighted by Crippen LogP contribution is 2.25. The summed E-state index contributed by atoms with van der Waals surface area (Å²) in [7, 11) is 0. The van der Waals surface area contributed by atoms with E-state index in [0.29, 0.717) is 18.4 Å². The molecular weight excluding hydrogens is 265 g/mol. The Hall–Kier alpha value is -2.29. The van der Waals surface area contributed by atoms with Gasteiger partial charge in [0.2, 0.25) is 0 Å². The third-order valence-corrected chi connectivity index (χ3v) is 3.57. The van der Waals surface area contributed by atoms with Crippen LogP contribution in [0, 0.1) is 5.82 Å². The number of hydrogen-bond acceptors (Lipinski definition) is 1. The van der Waals surface area contributed by atoms with Gasteiger partial charge < -0.3 is 9.30 Å². The molecule has 2 nitrogen and oxygen atoms in total. The molecule has 0 N–H and O–H groups in total. The van der Waals surface area contributed by atoms with E-state index in [2.05, 4.69) is 36.7 Å². The number of halogens is 1. The Bertz CT molecular complexity index is 761. The van der Waals surface area contributed by atoms with Gasteiger partial charge in [-0.3, -0.25) is 0 Å². The number of ether oxygens (including phenoxy) is 1. The van der Waals surface area contributed by atoms with E-state index in [0.717, 1.165) is 5.56 Å². The smallest absolute Gasteiger partial charge is 0.126 e. The molecule has 1 heterocycles. The maximum atomic E-state index is 13.2. The Labute approximate surface area is 123 Å². The number of para-hydroxylation sites is 1. The molecule has 1 aromatic heterocycles. The summed E-state index contributed by atoms with van der Waals surface area (Å²) in [6, 6.07) is 14.9. The zero-order valence-electron chi connectivity index (χ0n) is 12.2. The molecule has 3 heteroatoms. The summed E-state index contributed by atoms with van der Waals surface area (Å²) in [4.78, 5) is 0. The normalized spacial score (nSPS) is 11.2. The second kappa shape index (κ2) is 5.60. The van der Waals surface area contributed by atoms with E-state index >= 15 is 0 Å². The van der Waals surface area contributed by atoms with Crippen molar-refractivity contribution < 1.29 is 9.13 Å². The first kappa shape index (κ1) is 13.7. The molecule has 21 heavy (non-hydrogen) atoms. The first-order chi connectivity index (χ1) is 10.1. The molecule has 2 aromatic carbocycles. The van der Waals surface area contributed by atoms with E-state index < -0.39 is 0 Å². The van der Waals surface area contributed by atoms with Gasteiger partial charge in [0.15, 0.2) is 0 Å². The van der Waals surface area contributed by atoms with Crippen LogP contribution in [0.5, 0.6) is 5.75 Å². The van der Waals surface area contributed by atoms with Crippen molar-refractivity contribution in [3.63, 3.8) is 0 Å². The lowest BCUT2D eigenvalue weighted by molar-refractivity contribution is 0.305. The van der Waals surface area contributed by atoms with Crippen LogP contribution < -0.4 is 4.74 Å². The van der Waals surface area contributed by atoms with Crippen molar-refractivity contribution >= 4 is 10.9 Å². The van der Waals surface area contributed by atoms with Crippen molar-refractivity contribution in [1.29, 1.82) is 0 Å². The van der Waals surface area contributed by atoms with Crippen LogP contribution in [0.15, 0.2) is 54.7 Å². The summed E-state index contributed by atoms with van der Waals surface area (Å²) in [5, 5.41) is 1.18. The van der Waals surface area contributed by atoms with Gasteiger partial charge in [-0.1, -0.05) is 24.3 Å².